The quantitative estimate of drug-likeness (QED) is 0.771. The van der Waals surface area contributed by atoms with E-state index in [-0.39, 0.29) is 24.1 Å². The second-order valence-corrected chi connectivity index (χ2v) is 3.25. The average molecular weight is 246 g/mol. The first-order valence-electron chi connectivity index (χ1n) is 4.75. The molecule has 17 heavy (non-hydrogen) atoms. The first-order valence-corrected chi connectivity index (χ1v) is 4.75. The molecule has 0 aliphatic rings. The zero-order valence-electron chi connectivity index (χ0n) is 9.11. The number of ether oxygens (including phenoxy) is 1. The van der Waals surface area contributed by atoms with Gasteiger partial charge in [0.05, 0.1) is 13.5 Å². The zero-order valence-corrected chi connectivity index (χ0v) is 9.11. The molecule has 0 amide bonds. The van der Waals surface area contributed by atoms with E-state index in [1.165, 1.54) is 7.11 Å². The van der Waals surface area contributed by atoms with Gasteiger partial charge in [-0.05, 0) is 5.56 Å². The van der Waals surface area contributed by atoms with Crippen LogP contribution >= 0.6 is 0 Å². The second kappa shape index (κ2) is 5.53. The Kier molecular flexibility index (Phi) is 4.33. The number of nitrogens with two attached hydrogens (primary N) is 1. The molecule has 0 unspecified atom stereocenters. The van der Waals surface area contributed by atoms with Crippen molar-refractivity contribution in [3.8, 4) is 5.75 Å². The maximum absolute atomic E-state index is 12.4. The number of aromatic nitrogens is 1. The van der Waals surface area contributed by atoms with Gasteiger partial charge in [-0.3, -0.25) is 9.78 Å². The summed E-state index contributed by atoms with van der Waals surface area (Å²) in [6, 6.07) is 0. The van der Waals surface area contributed by atoms with Crippen LogP contribution in [-0.2, 0) is 22.5 Å². The number of rotatable bonds is 4. The highest BCUT2D eigenvalue weighted by Crippen LogP contribution is 2.31. The van der Waals surface area contributed by atoms with E-state index in [4.69, 9.17) is 5.73 Å². The van der Waals surface area contributed by atoms with E-state index in [1.807, 2.05) is 0 Å². The number of esters is 1. The molecule has 1 rings (SSSR count). The molecule has 0 spiro atoms. The molecule has 0 aromatic carbocycles. The fourth-order valence-corrected chi connectivity index (χ4v) is 1.36. The molecule has 0 bridgehead atoms. The zero-order chi connectivity index (χ0) is 13.0. The topological polar surface area (TPSA) is 85.4 Å². The van der Waals surface area contributed by atoms with Crippen molar-refractivity contribution < 1.29 is 23.4 Å². The number of aromatic hydroxyl groups is 1. The minimum Gasteiger partial charge on any atom is -0.505 e. The fourth-order valence-electron chi connectivity index (χ4n) is 1.36. The van der Waals surface area contributed by atoms with Crippen LogP contribution in [0.4, 0.5) is 8.78 Å². The Morgan fingerprint density at radius 1 is 1.65 bits per heavy atom. The molecule has 0 radical (unpaired) electrons. The van der Waals surface area contributed by atoms with Crippen LogP contribution < -0.4 is 5.73 Å². The molecule has 1 aromatic rings. The SMILES string of the molecule is COC(=O)Cc1cnc(C(F)F)c(O)c1CN. The van der Waals surface area contributed by atoms with Crippen molar-refractivity contribution in [2.45, 2.75) is 19.4 Å². The number of nitrogens with zero attached hydrogens (tertiary/aromatic N) is 1. The molecule has 94 valence electrons. The van der Waals surface area contributed by atoms with Crippen LogP contribution in [0.5, 0.6) is 5.75 Å². The number of hydrogen-bond acceptors (Lipinski definition) is 5. The van der Waals surface area contributed by atoms with Crippen molar-refractivity contribution in [2.24, 2.45) is 5.73 Å². The van der Waals surface area contributed by atoms with Crippen LogP contribution in [0, 0.1) is 0 Å². The molecule has 0 saturated carbocycles. The first kappa shape index (κ1) is 13.3. The van der Waals surface area contributed by atoms with Crippen molar-refractivity contribution in [1.29, 1.82) is 0 Å². The fraction of sp³-hybridized carbons (Fsp3) is 0.400. The van der Waals surface area contributed by atoms with Gasteiger partial charge in [0, 0.05) is 18.3 Å². The lowest BCUT2D eigenvalue weighted by atomic mass is 10.0. The molecule has 1 aromatic heterocycles. The standard InChI is InChI=1S/C10H12F2N2O3/c1-17-7(15)2-5-4-14-8(10(11)12)9(16)6(5)3-13/h4,10,16H,2-3,13H2,1H3. The van der Waals surface area contributed by atoms with E-state index in [0.29, 0.717) is 0 Å². The molecule has 5 nitrogen and oxygen atoms in total. The van der Waals surface area contributed by atoms with Gasteiger partial charge in [0.2, 0.25) is 0 Å². The van der Waals surface area contributed by atoms with Crippen LogP contribution in [0.1, 0.15) is 23.2 Å². The van der Waals surface area contributed by atoms with Crippen molar-refractivity contribution in [3.05, 3.63) is 23.0 Å². The summed E-state index contributed by atoms with van der Waals surface area (Å²) in [5, 5.41) is 9.55. The molecule has 1 heterocycles. The van der Waals surface area contributed by atoms with Crippen molar-refractivity contribution in [3.63, 3.8) is 0 Å². The Balaban J connectivity index is 3.16. The lowest BCUT2D eigenvalue weighted by Crippen LogP contribution is -2.11. The predicted octanol–water partition coefficient (Wildman–Crippen LogP) is 0.899. The Hall–Kier alpha value is -1.76. The third kappa shape index (κ3) is 2.88. The van der Waals surface area contributed by atoms with Gasteiger partial charge in [-0.15, -0.1) is 0 Å². The highest BCUT2D eigenvalue weighted by Gasteiger charge is 2.20. The van der Waals surface area contributed by atoms with Crippen molar-refractivity contribution in [1.82, 2.24) is 4.98 Å². The number of hydrogen-bond donors (Lipinski definition) is 2. The van der Waals surface area contributed by atoms with E-state index < -0.39 is 23.8 Å². The van der Waals surface area contributed by atoms with Crippen molar-refractivity contribution >= 4 is 5.97 Å². The number of alkyl halides is 2. The smallest absolute Gasteiger partial charge is 0.310 e. The summed E-state index contributed by atoms with van der Waals surface area (Å²) in [7, 11) is 1.20. The Morgan fingerprint density at radius 2 is 2.29 bits per heavy atom. The average Bonchev–Trinajstić information content (AvgIpc) is 2.28. The largest absolute Gasteiger partial charge is 0.505 e. The number of pyridine rings is 1. The Bertz CT molecular complexity index is 424. The Labute approximate surface area is 96.2 Å². The summed E-state index contributed by atoms with van der Waals surface area (Å²) in [6.07, 6.45) is -1.97. The van der Waals surface area contributed by atoms with Gasteiger partial charge in [0.25, 0.3) is 6.43 Å². The minimum atomic E-state index is -2.90. The first-order chi connectivity index (χ1) is 8.01. The van der Waals surface area contributed by atoms with Crippen LogP contribution in [0.25, 0.3) is 0 Å². The summed E-state index contributed by atoms with van der Waals surface area (Å²) < 4.78 is 29.3. The summed E-state index contributed by atoms with van der Waals surface area (Å²) in [5.41, 5.74) is 4.98. The van der Waals surface area contributed by atoms with Crippen molar-refractivity contribution in [2.75, 3.05) is 7.11 Å². The molecule has 7 heteroatoms. The van der Waals surface area contributed by atoms with E-state index in [9.17, 15) is 18.7 Å². The lowest BCUT2D eigenvalue weighted by Gasteiger charge is -2.11. The van der Waals surface area contributed by atoms with Gasteiger partial charge in [0.1, 0.15) is 11.4 Å². The van der Waals surface area contributed by atoms with Crippen LogP contribution in [0.15, 0.2) is 6.20 Å². The third-order valence-corrected chi connectivity index (χ3v) is 2.25. The molecule has 0 atom stereocenters. The van der Waals surface area contributed by atoms with Crippen LogP contribution in [0.3, 0.4) is 0 Å². The predicted molar refractivity (Wildman–Crippen MR) is 54.5 cm³/mol. The molecule has 0 fully saturated rings. The highest BCUT2D eigenvalue weighted by molar-refractivity contribution is 5.73. The summed E-state index contributed by atoms with van der Waals surface area (Å²) in [4.78, 5) is 14.5. The second-order valence-electron chi connectivity index (χ2n) is 3.25. The van der Waals surface area contributed by atoms with Gasteiger partial charge in [-0.2, -0.15) is 0 Å². The Morgan fingerprint density at radius 3 is 2.76 bits per heavy atom. The van der Waals surface area contributed by atoms with E-state index >= 15 is 0 Å². The summed E-state index contributed by atoms with van der Waals surface area (Å²) in [5.74, 6) is -1.23. The monoisotopic (exact) mass is 246 g/mol. The minimum absolute atomic E-state index is 0.0840. The van der Waals surface area contributed by atoms with Gasteiger partial charge < -0.3 is 15.6 Å². The van der Waals surface area contributed by atoms with Crippen LogP contribution in [-0.4, -0.2) is 23.2 Å². The van der Waals surface area contributed by atoms with E-state index in [0.717, 1.165) is 6.20 Å². The van der Waals surface area contributed by atoms with E-state index in [1.54, 1.807) is 0 Å². The number of halogens is 2. The normalized spacial score (nSPS) is 10.6. The van der Waals surface area contributed by atoms with Gasteiger partial charge in [0.15, 0.2) is 0 Å². The summed E-state index contributed by atoms with van der Waals surface area (Å²) in [6.45, 7) is -0.166. The van der Waals surface area contributed by atoms with Gasteiger partial charge in [-0.25, -0.2) is 8.78 Å². The maximum Gasteiger partial charge on any atom is 0.310 e. The molecule has 3 N–H and O–H groups in total. The molecule has 0 aliphatic carbocycles. The molecule has 0 saturated heterocycles. The molecular weight excluding hydrogens is 234 g/mol. The highest BCUT2D eigenvalue weighted by atomic mass is 19.3. The maximum atomic E-state index is 12.4. The number of methoxy groups -OCH3 is 1. The molecular formula is C10H12F2N2O3. The number of carbonyl (C=O) groups is 1. The number of carbonyl (C=O) groups excluding carboxylic acids is 1. The van der Waals surface area contributed by atoms with Gasteiger partial charge >= 0.3 is 5.97 Å². The van der Waals surface area contributed by atoms with E-state index in [2.05, 4.69) is 9.72 Å². The summed E-state index contributed by atoms with van der Waals surface area (Å²) >= 11 is 0. The molecule has 0 aliphatic heterocycles. The lowest BCUT2D eigenvalue weighted by molar-refractivity contribution is -0.139. The van der Waals surface area contributed by atoms with Gasteiger partial charge in [-0.1, -0.05) is 0 Å². The third-order valence-electron chi connectivity index (χ3n) is 2.25. The van der Waals surface area contributed by atoms with Crippen LogP contribution in [0.2, 0.25) is 0 Å².